The topological polar surface area (TPSA) is 108 Å². The van der Waals surface area contributed by atoms with Crippen LogP contribution in [0.15, 0.2) is 36.4 Å². The molecule has 3 aliphatic rings. The molecule has 0 aliphatic carbocycles. The molecule has 210 valence electrons. The Balaban J connectivity index is 0.000000189. The second-order valence-corrected chi connectivity index (χ2v) is 12.5. The van der Waals surface area contributed by atoms with E-state index in [1.807, 2.05) is 84.6 Å². The first kappa shape index (κ1) is 30.0. The van der Waals surface area contributed by atoms with Crippen LogP contribution in [-0.4, -0.2) is 60.9 Å². The van der Waals surface area contributed by atoms with Crippen molar-refractivity contribution in [2.24, 2.45) is 0 Å². The van der Waals surface area contributed by atoms with Crippen molar-refractivity contribution in [3.8, 4) is 12.1 Å². The smallest absolute Gasteiger partial charge is 0.399 e. The normalized spacial score (nSPS) is 22.1. The Morgan fingerprint density at radius 2 is 1.15 bits per heavy atom. The SMILES string of the molecule is CC1(C)OB(c2ccc(F)c(C#N)c2)OC1(C)C.CC1(C)OB(c2ccc(N3CC(O)C3)c(C#N)c2)OC1(C)C. The molecule has 40 heavy (non-hydrogen) atoms. The maximum absolute atomic E-state index is 13.3. The molecule has 0 bridgehead atoms. The second kappa shape index (κ2) is 10.5. The molecule has 0 atom stereocenters. The van der Waals surface area contributed by atoms with Crippen LogP contribution in [0.2, 0.25) is 0 Å². The Morgan fingerprint density at radius 1 is 0.750 bits per heavy atom. The summed E-state index contributed by atoms with van der Waals surface area (Å²) < 4.78 is 37.0. The molecule has 2 aromatic rings. The average molecular weight is 547 g/mol. The van der Waals surface area contributed by atoms with Gasteiger partial charge in [-0.05, 0) is 90.6 Å². The number of halogens is 1. The van der Waals surface area contributed by atoms with Crippen molar-refractivity contribution >= 4 is 30.8 Å². The molecule has 2 aromatic carbocycles. The first-order chi connectivity index (χ1) is 18.5. The number of hydrogen-bond acceptors (Lipinski definition) is 8. The maximum atomic E-state index is 13.3. The second-order valence-electron chi connectivity index (χ2n) is 12.5. The number of β-amino-alcohol motifs (C(OH)–C–C–N with tert-alkyl or cyclic N) is 1. The summed E-state index contributed by atoms with van der Waals surface area (Å²) in [5.74, 6) is -0.530. The summed E-state index contributed by atoms with van der Waals surface area (Å²) in [6.45, 7) is 17.0. The number of aliphatic hydroxyl groups excluding tert-OH is 1. The summed E-state index contributed by atoms with van der Waals surface area (Å²) in [5, 5.41) is 27.6. The van der Waals surface area contributed by atoms with Crippen molar-refractivity contribution in [1.29, 1.82) is 10.5 Å². The van der Waals surface area contributed by atoms with Crippen LogP contribution in [0.3, 0.4) is 0 Å². The van der Waals surface area contributed by atoms with Gasteiger partial charge in [-0.2, -0.15) is 10.5 Å². The number of aliphatic hydroxyl groups is 1. The quantitative estimate of drug-likeness (QED) is 0.585. The maximum Gasteiger partial charge on any atom is 0.494 e. The van der Waals surface area contributed by atoms with E-state index in [4.69, 9.17) is 23.9 Å². The van der Waals surface area contributed by atoms with Gasteiger partial charge in [0.25, 0.3) is 0 Å². The van der Waals surface area contributed by atoms with E-state index in [-0.39, 0.29) is 11.7 Å². The molecule has 11 heteroatoms. The van der Waals surface area contributed by atoms with Crippen molar-refractivity contribution in [3.05, 3.63) is 53.3 Å². The van der Waals surface area contributed by atoms with Gasteiger partial charge in [-0.1, -0.05) is 12.1 Å². The third-order valence-corrected chi connectivity index (χ3v) is 8.51. The molecule has 0 aromatic heterocycles. The van der Waals surface area contributed by atoms with Crippen LogP contribution in [0.5, 0.6) is 0 Å². The van der Waals surface area contributed by atoms with E-state index in [1.54, 1.807) is 6.07 Å². The van der Waals surface area contributed by atoms with E-state index < -0.39 is 42.5 Å². The predicted octanol–water partition coefficient (Wildman–Crippen LogP) is 3.03. The van der Waals surface area contributed by atoms with Gasteiger partial charge in [-0.3, -0.25) is 0 Å². The lowest BCUT2D eigenvalue weighted by molar-refractivity contribution is 0.00578. The van der Waals surface area contributed by atoms with Gasteiger partial charge in [-0.25, -0.2) is 4.39 Å². The van der Waals surface area contributed by atoms with Crippen LogP contribution in [0.4, 0.5) is 10.1 Å². The minimum absolute atomic E-state index is 0.00205. The summed E-state index contributed by atoms with van der Waals surface area (Å²) in [5.41, 5.74) is 1.26. The molecule has 3 aliphatic heterocycles. The van der Waals surface area contributed by atoms with Gasteiger partial charge >= 0.3 is 14.2 Å². The molecule has 3 heterocycles. The molecule has 3 fully saturated rings. The van der Waals surface area contributed by atoms with Crippen LogP contribution in [0, 0.1) is 28.5 Å². The molecule has 0 radical (unpaired) electrons. The first-order valence-electron chi connectivity index (χ1n) is 13.4. The van der Waals surface area contributed by atoms with Gasteiger partial charge in [0.15, 0.2) is 0 Å². The fourth-order valence-corrected chi connectivity index (χ4v) is 4.45. The van der Waals surface area contributed by atoms with Crippen LogP contribution >= 0.6 is 0 Å². The van der Waals surface area contributed by atoms with Crippen molar-refractivity contribution in [2.75, 3.05) is 18.0 Å². The number of benzene rings is 2. The number of nitriles is 2. The Kier molecular flexibility index (Phi) is 7.87. The van der Waals surface area contributed by atoms with Gasteiger partial charge in [0.2, 0.25) is 0 Å². The minimum Gasteiger partial charge on any atom is -0.399 e. The lowest BCUT2D eigenvalue weighted by atomic mass is 9.78. The van der Waals surface area contributed by atoms with Crippen molar-refractivity contribution in [1.82, 2.24) is 0 Å². The third kappa shape index (κ3) is 5.63. The molecular weight excluding hydrogens is 511 g/mol. The summed E-state index contributed by atoms with van der Waals surface area (Å²) in [4.78, 5) is 2.00. The first-order valence-corrected chi connectivity index (χ1v) is 13.4. The highest BCUT2D eigenvalue weighted by atomic mass is 19.1. The molecule has 5 rings (SSSR count). The molecule has 0 amide bonds. The Labute approximate surface area is 236 Å². The van der Waals surface area contributed by atoms with Crippen molar-refractivity contribution < 1.29 is 28.1 Å². The monoisotopic (exact) mass is 547 g/mol. The minimum atomic E-state index is -0.567. The van der Waals surface area contributed by atoms with E-state index in [1.165, 1.54) is 12.1 Å². The van der Waals surface area contributed by atoms with Gasteiger partial charge in [0.05, 0.1) is 45.3 Å². The fraction of sp³-hybridized carbons (Fsp3) is 0.517. The van der Waals surface area contributed by atoms with E-state index in [0.717, 1.165) is 11.2 Å². The zero-order valence-corrected chi connectivity index (χ0v) is 24.4. The Bertz CT molecular complexity index is 1330. The van der Waals surface area contributed by atoms with E-state index in [9.17, 15) is 14.8 Å². The van der Waals surface area contributed by atoms with E-state index >= 15 is 0 Å². The Hall–Kier alpha value is -2.92. The van der Waals surface area contributed by atoms with Gasteiger partial charge in [-0.15, -0.1) is 0 Å². The number of rotatable bonds is 3. The van der Waals surface area contributed by atoms with E-state index in [2.05, 4.69) is 6.07 Å². The average Bonchev–Trinajstić information content (AvgIpc) is 3.21. The van der Waals surface area contributed by atoms with E-state index in [0.29, 0.717) is 24.1 Å². The molecule has 0 unspecified atom stereocenters. The summed E-state index contributed by atoms with van der Waals surface area (Å²) in [7, 11) is -1.03. The summed E-state index contributed by atoms with van der Waals surface area (Å²) >= 11 is 0. The Morgan fingerprint density at radius 3 is 1.55 bits per heavy atom. The highest BCUT2D eigenvalue weighted by Gasteiger charge is 2.52. The number of anilines is 1. The highest BCUT2D eigenvalue weighted by Crippen LogP contribution is 2.37. The molecule has 0 saturated carbocycles. The summed E-state index contributed by atoms with van der Waals surface area (Å²) in [6, 6.07) is 14.0. The largest absolute Gasteiger partial charge is 0.494 e. The van der Waals surface area contributed by atoms with Crippen molar-refractivity contribution in [2.45, 2.75) is 83.9 Å². The van der Waals surface area contributed by atoms with Crippen LogP contribution in [0.1, 0.15) is 66.5 Å². The molecule has 8 nitrogen and oxygen atoms in total. The fourth-order valence-electron chi connectivity index (χ4n) is 4.45. The zero-order chi connectivity index (χ0) is 29.7. The zero-order valence-electron chi connectivity index (χ0n) is 24.4. The number of hydrogen-bond donors (Lipinski definition) is 1. The molecule has 0 spiro atoms. The third-order valence-electron chi connectivity index (χ3n) is 8.51. The van der Waals surface area contributed by atoms with Gasteiger partial charge in [0, 0.05) is 13.1 Å². The van der Waals surface area contributed by atoms with Gasteiger partial charge in [0.1, 0.15) is 18.0 Å². The van der Waals surface area contributed by atoms with Crippen LogP contribution in [0.25, 0.3) is 0 Å². The van der Waals surface area contributed by atoms with Crippen molar-refractivity contribution in [3.63, 3.8) is 0 Å². The molecule has 1 N–H and O–H groups in total. The predicted molar refractivity (Wildman–Crippen MR) is 152 cm³/mol. The lowest BCUT2D eigenvalue weighted by Gasteiger charge is -2.38. The molecular formula is C29H36B2FN3O5. The summed E-state index contributed by atoms with van der Waals surface area (Å²) in [6.07, 6.45) is -0.297. The molecule has 3 saturated heterocycles. The highest BCUT2D eigenvalue weighted by molar-refractivity contribution is 6.62. The van der Waals surface area contributed by atoms with Gasteiger partial charge < -0.3 is 28.6 Å². The lowest BCUT2D eigenvalue weighted by Crippen LogP contribution is -2.51. The number of nitrogens with zero attached hydrogens (tertiary/aromatic N) is 3. The van der Waals surface area contributed by atoms with Crippen LogP contribution < -0.4 is 15.8 Å². The van der Waals surface area contributed by atoms with Crippen LogP contribution in [-0.2, 0) is 18.6 Å². The standard InChI is InChI=1S/C16H21BN2O3.C13H15BFNO2/c1-15(2)16(3,4)22-17(21-15)12-5-6-14(11(7-12)8-18)19-9-13(20)10-19;1-12(2)13(3,4)18-14(17-12)10-5-6-11(15)9(7-10)8-16/h5-7,13,20H,9-10H2,1-4H3;5-7H,1-4H3.